The molecule has 0 saturated carbocycles. The summed E-state index contributed by atoms with van der Waals surface area (Å²) in [5.41, 5.74) is 6.14. The average molecular weight is 222 g/mol. The number of nitrogens with one attached hydrogen (secondary N) is 1. The summed E-state index contributed by atoms with van der Waals surface area (Å²) in [5.74, 6) is 1.04. The second kappa shape index (κ2) is 4.15. The van der Waals surface area contributed by atoms with Crippen molar-refractivity contribution in [2.24, 2.45) is 5.92 Å². The number of piperidine rings is 1. The summed E-state index contributed by atoms with van der Waals surface area (Å²) in [6.45, 7) is 5.13. The predicted octanol–water partition coefficient (Wildman–Crippen LogP) is 1.25. The lowest BCUT2D eigenvalue weighted by Crippen LogP contribution is -2.44. The number of carbonyl (C=O) groups is 1. The van der Waals surface area contributed by atoms with Crippen molar-refractivity contribution >= 4 is 11.7 Å². The molecule has 1 aliphatic heterocycles. The first-order valence-electron chi connectivity index (χ1n) is 5.69. The van der Waals surface area contributed by atoms with Gasteiger partial charge in [-0.2, -0.15) is 5.10 Å². The van der Waals surface area contributed by atoms with Crippen LogP contribution in [0.15, 0.2) is 6.20 Å². The van der Waals surface area contributed by atoms with E-state index in [0.29, 0.717) is 17.3 Å². The number of nitrogens with zero attached hydrogens (tertiary/aromatic N) is 2. The molecule has 3 N–H and O–H groups in total. The van der Waals surface area contributed by atoms with Crippen molar-refractivity contribution in [3.05, 3.63) is 11.8 Å². The van der Waals surface area contributed by atoms with Gasteiger partial charge in [-0.15, -0.1) is 0 Å². The number of aromatic nitrogens is 2. The van der Waals surface area contributed by atoms with E-state index in [1.165, 1.54) is 6.20 Å². The van der Waals surface area contributed by atoms with Crippen LogP contribution in [0.1, 0.15) is 37.0 Å². The van der Waals surface area contributed by atoms with E-state index >= 15 is 0 Å². The number of hydrogen-bond donors (Lipinski definition) is 2. The highest BCUT2D eigenvalue weighted by atomic mass is 16.2. The lowest BCUT2D eigenvalue weighted by atomic mass is 9.93. The van der Waals surface area contributed by atoms with Crippen LogP contribution in [0, 0.1) is 5.92 Å². The number of amides is 1. The van der Waals surface area contributed by atoms with Gasteiger partial charge >= 0.3 is 0 Å². The van der Waals surface area contributed by atoms with Crippen molar-refractivity contribution in [3.8, 4) is 0 Å². The van der Waals surface area contributed by atoms with E-state index in [0.717, 1.165) is 19.4 Å². The minimum Gasteiger partial charge on any atom is -0.383 e. The van der Waals surface area contributed by atoms with Gasteiger partial charge in [-0.1, -0.05) is 6.92 Å². The van der Waals surface area contributed by atoms with Crippen LogP contribution in [-0.4, -0.2) is 33.6 Å². The van der Waals surface area contributed by atoms with Crippen molar-refractivity contribution in [2.45, 2.75) is 32.7 Å². The monoisotopic (exact) mass is 222 g/mol. The molecule has 1 amide bonds. The van der Waals surface area contributed by atoms with Crippen molar-refractivity contribution in [1.29, 1.82) is 0 Å². The van der Waals surface area contributed by atoms with E-state index in [1.54, 1.807) is 0 Å². The van der Waals surface area contributed by atoms with E-state index in [-0.39, 0.29) is 11.9 Å². The number of H-pyrrole nitrogens is 1. The Bertz CT molecular complexity index is 387. The van der Waals surface area contributed by atoms with Crippen molar-refractivity contribution < 1.29 is 4.79 Å². The summed E-state index contributed by atoms with van der Waals surface area (Å²) < 4.78 is 0. The summed E-state index contributed by atoms with van der Waals surface area (Å²) in [4.78, 5) is 14.1. The first-order chi connectivity index (χ1) is 7.59. The van der Waals surface area contributed by atoms with Crippen LogP contribution in [0.3, 0.4) is 0 Å². The van der Waals surface area contributed by atoms with Crippen LogP contribution in [0.4, 0.5) is 5.82 Å². The Kier molecular flexibility index (Phi) is 2.85. The van der Waals surface area contributed by atoms with E-state index in [4.69, 9.17) is 5.73 Å². The van der Waals surface area contributed by atoms with Gasteiger partial charge in [0.1, 0.15) is 11.4 Å². The Balaban J connectivity index is 2.14. The molecular formula is C11H18N4O. The summed E-state index contributed by atoms with van der Waals surface area (Å²) in [6.07, 6.45) is 3.62. The molecular weight excluding hydrogens is 204 g/mol. The fourth-order valence-electron chi connectivity index (χ4n) is 2.33. The fraction of sp³-hybridized carbons (Fsp3) is 0.636. The van der Waals surface area contributed by atoms with Gasteiger partial charge in [0.15, 0.2) is 0 Å². The third-order valence-corrected chi connectivity index (χ3v) is 3.30. The van der Waals surface area contributed by atoms with E-state index in [1.807, 2.05) is 4.90 Å². The summed E-state index contributed by atoms with van der Waals surface area (Å²) >= 11 is 0. The maximum absolute atomic E-state index is 12.2. The molecule has 2 rings (SSSR count). The molecule has 0 aliphatic carbocycles. The predicted molar refractivity (Wildman–Crippen MR) is 61.9 cm³/mol. The fourth-order valence-corrected chi connectivity index (χ4v) is 2.33. The molecule has 5 heteroatoms. The van der Waals surface area contributed by atoms with Gasteiger partial charge in [-0.05, 0) is 25.7 Å². The van der Waals surface area contributed by atoms with Crippen LogP contribution in [0.5, 0.6) is 0 Å². The van der Waals surface area contributed by atoms with Crippen molar-refractivity contribution in [1.82, 2.24) is 15.1 Å². The molecule has 1 fully saturated rings. The van der Waals surface area contributed by atoms with Crippen LogP contribution in [0.2, 0.25) is 0 Å². The molecule has 1 saturated heterocycles. The maximum atomic E-state index is 12.2. The number of nitrogens with two attached hydrogens (primary N) is 1. The summed E-state index contributed by atoms with van der Waals surface area (Å²) in [5, 5.41) is 6.37. The van der Waals surface area contributed by atoms with Crippen molar-refractivity contribution in [3.63, 3.8) is 0 Å². The van der Waals surface area contributed by atoms with E-state index < -0.39 is 0 Å². The molecule has 1 aromatic heterocycles. The quantitative estimate of drug-likeness (QED) is 0.751. The standard InChI is InChI=1S/C11H18N4O/c1-7-3-4-15(8(2)5-7)11(16)9-6-13-14-10(9)12/h6-8H,3-5H2,1-2H3,(H3,12,13,14). The minimum absolute atomic E-state index is 0.00866. The van der Waals surface area contributed by atoms with Crippen molar-refractivity contribution in [2.75, 3.05) is 12.3 Å². The Labute approximate surface area is 95.0 Å². The van der Waals surface area contributed by atoms with Gasteiger partial charge in [0.05, 0.1) is 6.20 Å². The lowest BCUT2D eigenvalue weighted by Gasteiger charge is -2.36. The highest BCUT2D eigenvalue weighted by molar-refractivity contribution is 5.98. The van der Waals surface area contributed by atoms with Gasteiger partial charge in [0, 0.05) is 12.6 Å². The first-order valence-corrected chi connectivity index (χ1v) is 5.69. The number of carbonyl (C=O) groups excluding carboxylic acids is 1. The largest absolute Gasteiger partial charge is 0.383 e. The van der Waals surface area contributed by atoms with Gasteiger partial charge in [-0.25, -0.2) is 0 Å². The zero-order valence-corrected chi connectivity index (χ0v) is 9.73. The van der Waals surface area contributed by atoms with Gasteiger partial charge < -0.3 is 10.6 Å². The zero-order valence-electron chi connectivity index (χ0n) is 9.73. The van der Waals surface area contributed by atoms with Crippen LogP contribution >= 0.6 is 0 Å². The maximum Gasteiger partial charge on any atom is 0.259 e. The Hall–Kier alpha value is -1.52. The van der Waals surface area contributed by atoms with Gasteiger partial charge in [0.25, 0.3) is 5.91 Å². The van der Waals surface area contributed by atoms with Gasteiger partial charge in [0.2, 0.25) is 0 Å². The molecule has 0 spiro atoms. The zero-order chi connectivity index (χ0) is 11.7. The summed E-state index contributed by atoms with van der Waals surface area (Å²) in [7, 11) is 0. The highest BCUT2D eigenvalue weighted by Gasteiger charge is 2.28. The number of aromatic amines is 1. The third kappa shape index (κ3) is 1.89. The third-order valence-electron chi connectivity index (χ3n) is 3.30. The molecule has 88 valence electrons. The number of rotatable bonds is 1. The Morgan fingerprint density at radius 1 is 1.62 bits per heavy atom. The molecule has 2 atom stereocenters. The van der Waals surface area contributed by atoms with Gasteiger partial charge in [-0.3, -0.25) is 9.89 Å². The second-order valence-electron chi connectivity index (χ2n) is 4.67. The SMILES string of the molecule is CC1CCN(C(=O)c2cn[nH]c2N)C(C)C1. The topological polar surface area (TPSA) is 75.0 Å². The summed E-state index contributed by atoms with van der Waals surface area (Å²) in [6, 6.07) is 0.283. The van der Waals surface area contributed by atoms with Crippen LogP contribution < -0.4 is 5.73 Å². The molecule has 0 bridgehead atoms. The lowest BCUT2D eigenvalue weighted by molar-refractivity contribution is 0.0590. The number of hydrogen-bond acceptors (Lipinski definition) is 3. The Morgan fingerprint density at radius 2 is 2.38 bits per heavy atom. The second-order valence-corrected chi connectivity index (χ2v) is 4.67. The molecule has 1 aromatic rings. The molecule has 2 unspecified atom stereocenters. The molecule has 16 heavy (non-hydrogen) atoms. The normalized spacial score (nSPS) is 25.8. The number of nitrogen functional groups attached to an aromatic ring is 1. The average Bonchev–Trinajstić information content (AvgIpc) is 2.63. The van der Waals surface area contributed by atoms with Crippen LogP contribution in [-0.2, 0) is 0 Å². The number of anilines is 1. The first kappa shape index (κ1) is 11.0. The van der Waals surface area contributed by atoms with E-state index in [9.17, 15) is 4.79 Å². The smallest absolute Gasteiger partial charge is 0.259 e. The molecule has 1 aliphatic rings. The highest BCUT2D eigenvalue weighted by Crippen LogP contribution is 2.24. The molecule has 2 heterocycles. The number of likely N-dealkylation sites (tertiary alicyclic amines) is 1. The van der Waals surface area contributed by atoms with Crippen LogP contribution in [0.25, 0.3) is 0 Å². The molecule has 5 nitrogen and oxygen atoms in total. The Morgan fingerprint density at radius 3 is 2.94 bits per heavy atom. The molecule has 0 radical (unpaired) electrons. The molecule has 0 aromatic carbocycles. The minimum atomic E-state index is -0.00866. The van der Waals surface area contributed by atoms with E-state index in [2.05, 4.69) is 24.0 Å².